The highest BCUT2D eigenvalue weighted by Crippen LogP contribution is 2.30. The van der Waals surface area contributed by atoms with Crippen LogP contribution in [0.2, 0.25) is 0 Å². The molecule has 0 aliphatic rings. The second kappa shape index (κ2) is 52.0. The van der Waals surface area contributed by atoms with Gasteiger partial charge in [0, 0.05) is 15.6 Å². The van der Waals surface area contributed by atoms with Gasteiger partial charge >= 0.3 is 0 Å². The van der Waals surface area contributed by atoms with E-state index in [1.165, 1.54) is 79.4 Å². The van der Waals surface area contributed by atoms with Crippen LogP contribution in [-0.2, 0) is 13.0 Å². The fraction of sp³-hybridized carbons (Fsp3) is 0.483. The number of aryl methyl sites for hydroxylation is 4. The molecule has 0 spiro atoms. The Morgan fingerprint density at radius 1 is 0.446 bits per heavy atom. The molecule has 0 saturated carbocycles. The Morgan fingerprint density at radius 3 is 1.29 bits per heavy atom. The second-order valence-electron chi connectivity index (χ2n) is 27.8. The highest BCUT2D eigenvalue weighted by atomic mass is 79.9. The van der Waals surface area contributed by atoms with Gasteiger partial charge in [0.15, 0.2) is 5.78 Å². The van der Waals surface area contributed by atoms with Crippen LogP contribution in [0.25, 0.3) is 0 Å². The van der Waals surface area contributed by atoms with Crippen molar-refractivity contribution in [2.75, 3.05) is 6.61 Å². The molecule has 0 aliphatic carbocycles. The highest BCUT2D eigenvalue weighted by molar-refractivity contribution is 9.10. The van der Waals surface area contributed by atoms with Crippen LogP contribution in [0.1, 0.15) is 297 Å². The third-order valence-electron chi connectivity index (χ3n) is 13.9. The topological polar surface area (TPSA) is 46.5 Å². The first kappa shape index (κ1) is 88.7. The molecule has 0 atom stereocenters. The van der Waals surface area contributed by atoms with Gasteiger partial charge in [-0.25, -0.2) is 0 Å². The monoisotopic (exact) mass is 1380 g/mol. The number of rotatable bonds is 18. The summed E-state index contributed by atoms with van der Waals surface area (Å²) in [5.74, 6) is 7.01. The molecule has 0 saturated heterocycles. The summed E-state index contributed by atoms with van der Waals surface area (Å²) in [6.45, 7) is 59.2. The van der Waals surface area contributed by atoms with Gasteiger partial charge in [0.05, 0.1) is 17.7 Å². The molecule has 0 heterocycles. The van der Waals surface area contributed by atoms with E-state index >= 15 is 0 Å². The van der Waals surface area contributed by atoms with Gasteiger partial charge in [-0.1, -0.05) is 339 Å². The molecule has 0 radical (unpaired) electrons. The first-order valence-corrected chi connectivity index (χ1v) is 36.2. The van der Waals surface area contributed by atoms with E-state index in [1.54, 1.807) is 0 Å². The van der Waals surface area contributed by atoms with Crippen molar-refractivity contribution in [2.24, 2.45) is 17.8 Å². The predicted octanol–water partition coefficient (Wildman–Crippen LogP) is 28.1. The van der Waals surface area contributed by atoms with Crippen molar-refractivity contribution >= 4 is 37.6 Å². The van der Waals surface area contributed by atoms with E-state index < -0.39 is 0 Å². The minimum atomic E-state index is 0.0842. The molecule has 0 aromatic heterocycles. The van der Waals surface area contributed by atoms with Crippen LogP contribution in [0, 0.1) is 38.5 Å². The van der Waals surface area contributed by atoms with Gasteiger partial charge in [-0.2, -0.15) is 0 Å². The van der Waals surface area contributed by atoms with Crippen molar-refractivity contribution < 1.29 is 14.6 Å². The van der Waals surface area contributed by atoms with Crippen molar-refractivity contribution in [3.8, 4) is 5.75 Å². The molecule has 3 nitrogen and oxygen atoms in total. The van der Waals surface area contributed by atoms with Crippen LogP contribution in [0.5, 0.6) is 5.75 Å². The van der Waals surface area contributed by atoms with Gasteiger partial charge < -0.3 is 9.84 Å². The average molecular weight is 1380 g/mol. The van der Waals surface area contributed by atoms with Gasteiger partial charge in [0.25, 0.3) is 0 Å². The lowest BCUT2D eigenvalue weighted by atomic mass is 9.98. The number of hydrogen-bond acceptors (Lipinski definition) is 3. The summed E-state index contributed by atoms with van der Waals surface area (Å²) in [7, 11) is 0. The predicted molar refractivity (Wildman–Crippen MR) is 418 cm³/mol. The van der Waals surface area contributed by atoms with Crippen molar-refractivity contribution in [3.05, 3.63) is 252 Å². The fourth-order valence-electron chi connectivity index (χ4n) is 8.20. The standard InChI is InChI=1S/C16H16O.C15H23BrO.C13H17Br.C11H16.C10H14O.C10H14.3C4H10/c1-12(2)13-8-10-15(11-9-13)16(17)14-6-4-3-5-7-14;1-4-5-6-7-10-17-15-11-13(12(2)3)8-9-14(15)16;1-4-5-6-12-9-11(10(2)3)7-8-13(12)14;1-8(2)11-6-5-9(3)10(4)7-11;1-8(2)10-6-4-3-5-9(10)7-11;1-8(2)10-6-4-9(3)5-7-10;3*1-4(2)3/h3-12H,1-2H3;8-9,11-12H,4-7,10H2,1-3H3;4,7-10H,1,5-6H2,2-3H3;5-8H,1-4H3;3-6,8,11H,7H2,1-2H3;4-8H,1-3H3;3*4H,1-3H3. The SMILES string of the molecule is C=CCCc1cc(C(C)C)ccc1Br.CC(C)C.CC(C)C.CC(C)C.CC(C)c1ccc(C(=O)c2ccccc2)cc1.CC(C)c1ccccc1CO.CCCCCCOc1cc(C(C)C)ccc1Br.Cc1ccc(C(C)C)cc1.Cc1ccc(C(C)C)cc1C. The normalized spacial score (nSPS) is 10.4. The Hall–Kier alpha value is -5.33. The van der Waals surface area contributed by atoms with Crippen molar-refractivity contribution in [1.29, 1.82) is 0 Å². The Labute approximate surface area is 583 Å². The number of halogens is 2. The van der Waals surface area contributed by atoms with E-state index in [0.717, 1.165) is 70.5 Å². The van der Waals surface area contributed by atoms with Gasteiger partial charge in [0.1, 0.15) is 5.75 Å². The molecular formula is C87H130Br2O3. The summed E-state index contributed by atoms with van der Waals surface area (Å²) >= 11 is 7.11. The van der Waals surface area contributed by atoms with Crippen molar-refractivity contribution in [2.45, 2.75) is 254 Å². The molecule has 0 bridgehead atoms. The number of carbonyl (C=O) groups is 1. The van der Waals surface area contributed by atoms with E-state index in [0.29, 0.717) is 35.5 Å². The van der Waals surface area contributed by atoms with E-state index in [9.17, 15) is 4.79 Å². The zero-order chi connectivity index (χ0) is 70.5. The number of allylic oxidation sites excluding steroid dienone is 1. The van der Waals surface area contributed by atoms with Gasteiger partial charge in [-0.15, -0.1) is 6.58 Å². The second-order valence-corrected chi connectivity index (χ2v) is 29.5. The summed E-state index contributed by atoms with van der Waals surface area (Å²) in [5.41, 5.74) is 16.1. The molecule has 7 aromatic carbocycles. The average Bonchev–Trinajstić information content (AvgIpc) is 1.01. The largest absolute Gasteiger partial charge is 0.492 e. The molecule has 0 aliphatic heterocycles. The zero-order valence-corrected chi connectivity index (χ0v) is 65.8. The Balaban J connectivity index is 0. The number of aliphatic hydroxyl groups is 1. The van der Waals surface area contributed by atoms with Gasteiger partial charge in [0.2, 0.25) is 0 Å². The maximum absolute atomic E-state index is 12.1. The van der Waals surface area contributed by atoms with E-state index in [1.807, 2.05) is 78.9 Å². The fourth-order valence-corrected chi connectivity index (χ4v) is 9.00. The number of ether oxygens (including phenoxy) is 1. The Morgan fingerprint density at radius 2 is 0.859 bits per heavy atom. The van der Waals surface area contributed by atoms with Gasteiger partial charge in [-0.05, 0) is 183 Å². The quantitative estimate of drug-likeness (QED) is 0.0529. The van der Waals surface area contributed by atoms with Crippen LogP contribution in [0.4, 0.5) is 0 Å². The lowest BCUT2D eigenvalue weighted by Crippen LogP contribution is -2.01. The van der Waals surface area contributed by atoms with Crippen molar-refractivity contribution in [1.82, 2.24) is 0 Å². The minimum Gasteiger partial charge on any atom is -0.492 e. The first-order chi connectivity index (χ1) is 43.2. The molecule has 92 heavy (non-hydrogen) atoms. The highest BCUT2D eigenvalue weighted by Gasteiger charge is 2.10. The van der Waals surface area contributed by atoms with Crippen LogP contribution < -0.4 is 4.74 Å². The molecule has 7 rings (SSSR count). The van der Waals surface area contributed by atoms with Crippen LogP contribution in [0.15, 0.2) is 179 Å². The van der Waals surface area contributed by atoms with Crippen LogP contribution >= 0.6 is 31.9 Å². The van der Waals surface area contributed by atoms with Crippen LogP contribution in [0.3, 0.4) is 0 Å². The molecule has 0 amide bonds. The van der Waals surface area contributed by atoms with Gasteiger partial charge in [-0.3, -0.25) is 4.79 Å². The molecular weight excluding hydrogens is 1250 g/mol. The lowest BCUT2D eigenvalue weighted by Gasteiger charge is -2.11. The molecule has 0 unspecified atom stereocenters. The summed E-state index contributed by atoms with van der Waals surface area (Å²) in [6, 6.07) is 53.7. The minimum absolute atomic E-state index is 0.0842. The zero-order valence-electron chi connectivity index (χ0n) is 62.7. The molecule has 1 N–H and O–H groups in total. The third-order valence-corrected chi connectivity index (χ3v) is 15.3. The van der Waals surface area contributed by atoms with Crippen molar-refractivity contribution in [3.63, 3.8) is 0 Å². The summed E-state index contributed by atoms with van der Waals surface area (Å²) in [4.78, 5) is 12.1. The summed E-state index contributed by atoms with van der Waals surface area (Å²) in [6.07, 6.45) is 9.06. The molecule has 7 aromatic rings. The van der Waals surface area contributed by atoms with Crippen LogP contribution in [-0.4, -0.2) is 17.5 Å². The number of aliphatic hydroxyl groups excluding tert-OH is 1. The van der Waals surface area contributed by atoms with E-state index in [4.69, 9.17) is 9.84 Å². The third kappa shape index (κ3) is 42.8. The number of unbranched alkanes of at least 4 members (excludes halogenated alkanes) is 3. The maximum Gasteiger partial charge on any atom is 0.193 e. The molecule has 0 fully saturated rings. The Kier molecular flexibility index (Phi) is 50.2. The number of carbonyl (C=O) groups excluding carboxylic acids is 1. The maximum atomic E-state index is 12.1. The number of hydrogen-bond donors (Lipinski definition) is 1. The Bertz CT molecular complexity index is 2940. The first-order valence-electron chi connectivity index (χ1n) is 34.6. The van der Waals surface area contributed by atoms with E-state index in [-0.39, 0.29) is 12.4 Å². The number of benzene rings is 7. The molecule has 5 heteroatoms. The lowest BCUT2D eigenvalue weighted by molar-refractivity contribution is 0.103. The molecule has 510 valence electrons. The number of ketones is 1. The summed E-state index contributed by atoms with van der Waals surface area (Å²) in [5, 5.41) is 8.97. The summed E-state index contributed by atoms with van der Waals surface area (Å²) < 4.78 is 8.09. The van der Waals surface area contributed by atoms with E-state index in [2.05, 4.69) is 296 Å². The smallest absolute Gasteiger partial charge is 0.193 e.